The van der Waals surface area contributed by atoms with Crippen LogP contribution < -0.4 is 0 Å². The number of alkyl halides is 1. The van der Waals surface area contributed by atoms with Gasteiger partial charge in [-0.05, 0) is 13.8 Å². The van der Waals surface area contributed by atoms with Crippen molar-refractivity contribution in [1.82, 2.24) is 4.98 Å². The van der Waals surface area contributed by atoms with Crippen LogP contribution in [0.3, 0.4) is 0 Å². The summed E-state index contributed by atoms with van der Waals surface area (Å²) in [7, 11) is 0. The fourth-order valence-electron chi connectivity index (χ4n) is 0.693. The zero-order chi connectivity index (χ0) is 6.85. The highest BCUT2D eigenvalue weighted by Gasteiger charge is 2.05. The van der Waals surface area contributed by atoms with Crippen LogP contribution in [0.15, 0.2) is 5.51 Å². The lowest BCUT2D eigenvalue weighted by molar-refractivity contribution is 1.07. The fraction of sp³-hybridized carbons (Fsp3) is 0.500. The summed E-state index contributed by atoms with van der Waals surface area (Å²) < 4.78 is 0. The van der Waals surface area contributed by atoms with Crippen molar-refractivity contribution in [2.45, 2.75) is 19.2 Å². The van der Waals surface area contributed by atoms with Gasteiger partial charge in [0.25, 0.3) is 0 Å². The first-order valence-electron chi connectivity index (χ1n) is 2.76. The average Bonchev–Trinajstić information content (AvgIpc) is 2.13. The molecular formula is C6H8ClNS. The molecule has 3 heteroatoms. The quantitative estimate of drug-likeness (QED) is 0.578. The van der Waals surface area contributed by atoms with E-state index < -0.39 is 0 Å². The zero-order valence-electron chi connectivity index (χ0n) is 5.39. The Labute approximate surface area is 63.7 Å². The molecule has 9 heavy (non-hydrogen) atoms. The van der Waals surface area contributed by atoms with Gasteiger partial charge in [0.15, 0.2) is 0 Å². The van der Waals surface area contributed by atoms with Gasteiger partial charge in [0.1, 0.15) is 0 Å². The van der Waals surface area contributed by atoms with Crippen molar-refractivity contribution < 1.29 is 0 Å². The fourth-order valence-corrected chi connectivity index (χ4v) is 1.74. The van der Waals surface area contributed by atoms with Crippen molar-refractivity contribution in [3.8, 4) is 0 Å². The molecule has 0 spiro atoms. The number of nitrogens with zero attached hydrogens (tertiary/aromatic N) is 1. The maximum absolute atomic E-state index is 5.82. The summed E-state index contributed by atoms with van der Waals surface area (Å²) >= 11 is 7.43. The van der Waals surface area contributed by atoms with Crippen LogP contribution in [0.25, 0.3) is 0 Å². The van der Waals surface area contributed by atoms with Gasteiger partial charge in [0.2, 0.25) is 0 Å². The highest BCUT2D eigenvalue weighted by atomic mass is 35.5. The van der Waals surface area contributed by atoms with E-state index in [1.54, 1.807) is 11.3 Å². The lowest BCUT2D eigenvalue weighted by Crippen LogP contribution is -1.81. The van der Waals surface area contributed by atoms with Crippen LogP contribution in [0.5, 0.6) is 0 Å². The maximum atomic E-state index is 5.82. The number of hydrogen-bond donors (Lipinski definition) is 0. The second-order valence-electron chi connectivity index (χ2n) is 1.92. The number of aromatic nitrogens is 1. The molecule has 0 saturated carbocycles. The Morgan fingerprint density at radius 1 is 1.78 bits per heavy atom. The summed E-state index contributed by atoms with van der Waals surface area (Å²) in [6.45, 7) is 3.94. The summed E-state index contributed by atoms with van der Waals surface area (Å²) in [5.74, 6) is 0. The van der Waals surface area contributed by atoms with Crippen LogP contribution in [0, 0.1) is 6.92 Å². The van der Waals surface area contributed by atoms with Crippen molar-refractivity contribution in [3.63, 3.8) is 0 Å². The Morgan fingerprint density at radius 2 is 2.44 bits per heavy atom. The van der Waals surface area contributed by atoms with Gasteiger partial charge < -0.3 is 0 Å². The Kier molecular flexibility index (Phi) is 2.09. The highest BCUT2D eigenvalue weighted by Crippen LogP contribution is 2.25. The SMILES string of the molecule is Cc1ncsc1C(C)Cl. The number of thiazole rings is 1. The summed E-state index contributed by atoms with van der Waals surface area (Å²) in [6, 6.07) is 0. The summed E-state index contributed by atoms with van der Waals surface area (Å²) in [4.78, 5) is 5.25. The molecule has 1 aromatic rings. The molecule has 1 aromatic heterocycles. The Bertz CT molecular complexity index is 195. The molecule has 1 atom stereocenters. The van der Waals surface area contributed by atoms with Gasteiger partial charge in [0.05, 0.1) is 16.6 Å². The third-order valence-electron chi connectivity index (χ3n) is 1.14. The van der Waals surface area contributed by atoms with Crippen LogP contribution >= 0.6 is 22.9 Å². The van der Waals surface area contributed by atoms with Gasteiger partial charge in [-0.3, -0.25) is 0 Å². The van der Waals surface area contributed by atoms with E-state index in [1.165, 1.54) is 4.88 Å². The van der Waals surface area contributed by atoms with Gasteiger partial charge >= 0.3 is 0 Å². The van der Waals surface area contributed by atoms with Gasteiger partial charge in [-0.1, -0.05) is 0 Å². The monoisotopic (exact) mass is 161 g/mol. The molecule has 0 radical (unpaired) electrons. The molecule has 0 aliphatic carbocycles. The lowest BCUT2D eigenvalue weighted by atomic mass is 10.3. The van der Waals surface area contributed by atoms with Crippen molar-refractivity contribution in [3.05, 3.63) is 16.1 Å². The average molecular weight is 162 g/mol. The summed E-state index contributed by atoms with van der Waals surface area (Å²) in [5.41, 5.74) is 2.88. The molecule has 50 valence electrons. The molecule has 1 heterocycles. The largest absolute Gasteiger partial charge is 0.250 e. The molecule has 0 saturated heterocycles. The topological polar surface area (TPSA) is 12.9 Å². The Hall–Kier alpha value is -0.0800. The minimum atomic E-state index is 0.109. The number of rotatable bonds is 1. The molecule has 1 nitrogen and oxygen atoms in total. The molecule has 0 aliphatic heterocycles. The van der Waals surface area contributed by atoms with E-state index in [9.17, 15) is 0 Å². The zero-order valence-corrected chi connectivity index (χ0v) is 6.96. The molecule has 0 aliphatic rings. The van der Waals surface area contributed by atoms with E-state index in [2.05, 4.69) is 4.98 Å². The molecule has 1 rings (SSSR count). The first kappa shape index (κ1) is 7.03. The molecular weight excluding hydrogens is 154 g/mol. The van der Waals surface area contributed by atoms with Crippen LogP contribution in [0.2, 0.25) is 0 Å². The summed E-state index contributed by atoms with van der Waals surface area (Å²) in [6.07, 6.45) is 0. The van der Waals surface area contributed by atoms with E-state index in [1.807, 2.05) is 19.4 Å². The predicted octanol–water partition coefficient (Wildman–Crippen LogP) is 2.75. The smallest absolute Gasteiger partial charge is 0.0798 e. The molecule has 0 aromatic carbocycles. The van der Waals surface area contributed by atoms with Gasteiger partial charge in [0, 0.05) is 4.88 Å². The number of halogens is 1. The molecule has 0 bridgehead atoms. The first-order valence-corrected chi connectivity index (χ1v) is 4.07. The third kappa shape index (κ3) is 1.43. The van der Waals surface area contributed by atoms with Gasteiger partial charge in [-0.25, -0.2) is 4.98 Å². The lowest BCUT2D eigenvalue weighted by Gasteiger charge is -1.96. The minimum Gasteiger partial charge on any atom is -0.250 e. The molecule has 0 fully saturated rings. The second-order valence-corrected chi connectivity index (χ2v) is 3.46. The first-order chi connectivity index (χ1) is 4.22. The van der Waals surface area contributed by atoms with Crippen LogP contribution in [0.4, 0.5) is 0 Å². The van der Waals surface area contributed by atoms with Gasteiger partial charge in [-0.2, -0.15) is 0 Å². The second kappa shape index (κ2) is 2.67. The van der Waals surface area contributed by atoms with E-state index in [-0.39, 0.29) is 5.38 Å². The van der Waals surface area contributed by atoms with Crippen LogP contribution in [-0.4, -0.2) is 4.98 Å². The predicted molar refractivity (Wildman–Crippen MR) is 41.1 cm³/mol. The van der Waals surface area contributed by atoms with E-state index in [0.29, 0.717) is 0 Å². The third-order valence-corrected chi connectivity index (χ3v) is 2.61. The van der Waals surface area contributed by atoms with E-state index >= 15 is 0 Å². The standard InChI is InChI=1S/C6H8ClNS/c1-4(7)6-5(2)8-3-9-6/h3-4H,1-2H3. The summed E-state index contributed by atoms with van der Waals surface area (Å²) in [5, 5.41) is 0.109. The van der Waals surface area contributed by atoms with E-state index in [4.69, 9.17) is 11.6 Å². The number of aryl methyl sites for hydroxylation is 1. The van der Waals surface area contributed by atoms with Crippen LogP contribution in [0.1, 0.15) is 22.9 Å². The minimum absolute atomic E-state index is 0.109. The van der Waals surface area contributed by atoms with Crippen LogP contribution in [-0.2, 0) is 0 Å². The van der Waals surface area contributed by atoms with Gasteiger partial charge in [-0.15, -0.1) is 22.9 Å². The Morgan fingerprint density at radius 3 is 2.67 bits per heavy atom. The maximum Gasteiger partial charge on any atom is 0.0798 e. The normalized spacial score (nSPS) is 13.7. The highest BCUT2D eigenvalue weighted by molar-refractivity contribution is 7.10. The van der Waals surface area contributed by atoms with Crippen molar-refractivity contribution in [1.29, 1.82) is 0 Å². The van der Waals surface area contributed by atoms with Crippen molar-refractivity contribution in [2.75, 3.05) is 0 Å². The Balaban J connectivity index is 2.94. The molecule has 1 unspecified atom stereocenters. The number of hydrogen-bond acceptors (Lipinski definition) is 2. The van der Waals surface area contributed by atoms with Crippen molar-refractivity contribution >= 4 is 22.9 Å². The van der Waals surface area contributed by atoms with E-state index in [0.717, 1.165) is 5.69 Å². The van der Waals surface area contributed by atoms with Crippen molar-refractivity contribution in [2.24, 2.45) is 0 Å². The molecule has 0 N–H and O–H groups in total. The molecule has 0 amide bonds.